The van der Waals surface area contributed by atoms with Crippen molar-refractivity contribution in [2.45, 2.75) is 64.5 Å². The molecule has 4 rings (SSSR count). The number of carbonyl (C=O) groups is 1. The smallest absolute Gasteiger partial charge is 0.257 e. The second-order valence-corrected chi connectivity index (χ2v) is 8.10. The van der Waals surface area contributed by atoms with Crippen LogP contribution in [0.25, 0.3) is 11.2 Å². The molecule has 30 heavy (non-hydrogen) atoms. The predicted octanol–water partition coefficient (Wildman–Crippen LogP) is 5.52. The van der Waals surface area contributed by atoms with Crippen LogP contribution in [0.2, 0.25) is 0 Å². The lowest BCUT2D eigenvalue weighted by atomic mass is 10.1. The van der Waals surface area contributed by atoms with Gasteiger partial charge in [-0.25, -0.2) is 14.4 Å². The van der Waals surface area contributed by atoms with Crippen LogP contribution in [0.3, 0.4) is 0 Å². The second-order valence-electron chi connectivity index (χ2n) is 8.10. The zero-order chi connectivity index (χ0) is 20.9. The Morgan fingerprint density at radius 2 is 1.97 bits per heavy atom. The van der Waals surface area contributed by atoms with E-state index in [1.54, 1.807) is 29.3 Å². The van der Waals surface area contributed by atoms with Gasteiger partial charge in [0.1, 0.15) is 17.2 Å². The van der Waals surface area contributed by atoms with Crippen molar-refractivity contribution in [3.63, 3.8) is 0 Å². The molecule has 2 aromatic heterocycles. The maximum absolute atomic E-state index is 14.3. The first-order chi connectivity index (χ1) is 14.7. The third kappa shape index (κ3) is 4.23. The molecule has 0 bridgehead atoms. The van der Waals surface area contributed by atoms with E-state index in [-0.39, 0.29) is 11.5 Å². The van der Waals surface area contributed by atoms with Gasteiger partial charge in [0, 0.05) is 18.8 Å². The maximum atomic E-state index is 14.3. The van der Waals surface area contributed by atoms with Gasteiger partial charge in [-0.1, -0.05) is 44.7 Å². The number of hydrogen-bond donors (Lipinski definition) is 0. The van der Waals surface area contributed by atoms with Gasteiger partial charge >= 0.3 is 0 Å². The molecule has 0 saturated heterocycles. The van der Waals surface area contributed by atoms with Crippen molar-refractivity contribution in [3.8, 4) is 0 Å². The lowest BCUT2D eigenvalue weighted by Gasteiger charge is -2.24. The minimum atomic E-state index is -0.478. The minimum absolute atomic E-state index is 0.121. The Kier molecular flexibility index (Phi) is 6.41. The number of halogens is 1. The number of carbonyl (C=O) groups excluding carboxylic acids is 1. The van der Waals surface area contributed by atoms with Gasteiger partial charge in [-0.05, 0) is 43.5 Å². The molecule has 5 nitrogen and oxygen atoms in total. The summed E-state index contributed by atoms with van der Waals surface area (Å²) in [6, 6.07) is 10.4. The molecular weight excluding hydrogens is 379 g/mol. The van der Waals surface area contributed by atoms with Gasteiger partial charge in [-0.3, -0.25) is 4.79 Å². The molecular formula is C24H29FN4O. The molecule has 3 aromatic rings. The first-order valence-corrected chi connectivity index (χ1v) is 11.0. The average Bonchev–Trinajstić information content (AvgIpc) is 3.40. The van der Waals surface area contributed by atoms with Crippen molar-refractivity contribution in [1.82, 2.24) is 19.4 Å². The van der Waals surface area contributed by atoms with Gasteiger partial charge in [0.05, 0.1) is 12.1 Å². The number of nitrogens with zero attached hydrogens (tertiary/aromatic N) is 4. The Balaban J connectivity index is 1.68. The van der Waals surface area contributed by atoms with E-state index in [0.717, 1.165) is 49.1 Å². The number of amides is 1. The highest BCUT2D eigenvalue weighted by atomic mass is 19.1. The number of imidazole rings is 1. The molecule has 6 heteroatoms. The summed E-state index contributed by atoms with van der Waals surface area (Å²) < 4.78 is 16.6. The van der Waals surface area contributed by atoms with E-state index in [2.05, 4.69) is 16.5 Å². The number of benzene rings is 1. The standard InChI is InChI=1S/C24H29FN4O/c1-2-3-8-16-28(24(30)19-12-6-7-13-20(19)25)17-22-27-21-14-9-15-26-23(21)29(22)18-10-4-5-11-18/h6-7,9,12-15,18H,2-5,8,10-11,16-17H2,1H3. The SMILES string of the molecule is CCCCCN(Cc1nc2cccnc2n1C1CCCC1)C(=O)c1ccccc1F. The van der Waals surface area contributed by atoms with Crippen LogP contribution in [0.15, 0.2) is 42.6 Å². The summed E-state index contributed by atoms with van der Waals surface area (Å²) >= 11 is 0. The van der Waals surface area contributed by atoms with Crippen molar-refractivity contribution < 1.29 is 9.18 Å². The molecule has 0 radical (unpaired) electrons. The summed E-state index contributed by atoms with van der Waals surface area (Å²) in [5.74, 6) is 0.0907. The molecule has 0 unspecified atom stereocenters. The average molecular weight is 409 g/mol. The summed E-state index contributed by atoms with van der Waals surface area (Å²) in [6.45, 7) is 3.08. The van der Waals surface area contributed by atoms with Gasteiger partial charge in [-0.15, -0.1) is 0 Å². The van der Waals surface area contributed by atoms with Crippen molar-refractivity contribution in [2.75, 3.05) is 6.54 Å². The molecule has 1 aliphatic rings. The molecule has 0 atom stereocenters. The number of fused-ring (bicyclic) bond motifs is 1. The Morgan fingerprint density at radius 3 is 2.73 bits per heavy atom. The van der Waals surface area contributed by atoms with E-state index < -0.39 is 5.82 Å². The van der Waals surface area contributed by atoms with E-state index in [4.69, 9.17) is 4.98 Å². The number of unbranched alkanes of at least 4 members (excludes halogenated alkanes) is 2. The molecule has 2 heterocycles. The molecule has 1 fully saturated rings. The fraction of sp³-hybridized carbons (Fsp3) is 0.458. The summed E-state index contributed by atoms with van der Waals surface area (Å²) in [5, 5.41) is 0. The van der Waals surface area contributed by atoms with Crippen molar-refractivity contribution in [3.05, 3.63) is 59.8 Å². The zero-order valence-electron chi connectivity index (χ0n) is 17.6. The van der Waals surface area contributed by atoms with Crippen LogP contribution in [0.4, 0.5) is 4.39 Å². The lowest BCUT2D eigenvalue weighted by Crippen LogP contribution is -2.33. The van der Waals surface area contributed by atoms with Crippen LogP contribution in [0, 0.1) is 5.82 Å². The summed E-state index contributed by atoms with van der Waals surface area (Å²) in [7, 11) is 0. The van der Waals surface area contributed by atoms with Crippen LogP contribution in [-0.4, -0.2) is 31.9 Å². The zero-order valence-corrected chi connectivity index (χ0v) is 17.6. The highest BCUT2D eigenvalue weighted by Crippen LogP contribution is 2.33. The van der Waals surface area contributed by atoms with Crippen LogP contribution in [0.5, 0.6) is 0 Å². The molecule has 1 aliphatic carbocycles. The molecule has 0 spiro atoms. The lowest BCUT2D eigenvalue weighted by molar-refractivity contribution is 0.0728. The third-order valence-corrected chi connectivity index (χ3v) is 5.97. The van der Waals surface area contributed by atoms with Crippen LogP contribution in [0.1, 0.15) is 74.1 Å². The fourth-order valence-electron chi connectivity index (χ4n) is 4.41. The monoisotopic (exact) mass is 408 g/mol. The normalized spacial score (nSPS) is 14.5. The molecule has 1 amide bonds. The van der Waals surface area contributed by atoms with E-state index in [1.807, 2.05) is 12.1 Å². The van der Waals surface area contributed by atoms with Gasteiger partial charge in [0.15, 0.2) is 5.65 Å². The molecule has 0 aliphatic heterocycles. The molecule has 158 valence electrons. The highest BCUT2D eigenvalue weighted by molar-refractivity contribution is 5.94. The highest BCUT2D eigenvalue weighted by Gasteiger charge is 2.26. The van der Waals surface area contributed by atoms with E-state index in [9.17, 15) is 9.18 Å². The quantitative estimate of drug-likeness (QED) is 0.461. The Morgan fingerprint density at radius 1 is 1.17 bits per heavy atom. The second kappa shape index (κ2) is 9.37. The van der Waals surface area contributed by atoms with Gasteiger partial charge in [0.2, 0.25) is 0 Å². The number of aromatic nitrogens is 3. The van der Waals surface area contributed by atoms with Gasteiger partial charge < -0.3 is 9.47 Å². The first kappa shape index (κ1) is 20.5. The largest absolute Gasteiger partial charge is 0.331 e. The predicted molar refractivity (Wildman–Crippen MR) is 116 cm³/mol. The van der Waals surface area contributed by atoms with Gasteiger partial charge in [0.25, 0.3) is 5.91 Å². The Labute approximate surface area is 176 Å². The molecule has 1 saturated carbocycles. The number of rotatable bonds is 8. The fourth-order valence-corrected chi connectivity index (χ4v) is 4.41. The van der Waals surface area contributed by atoms with Crippen molar-refractivity contribution in [1.29, 1.82) is 0 Å². The van der Waals surface area contributed by atoms with E-state index in [0.29, 0.717) is 19.1 Å². The number of pyridine rings is 1. The van der Waals surface area contributed by atoms with Crippen LogP contribution in [-0.2, 0) is 6.54 Å². The molecule has 1 aromatic carbocycles. The summed E-state index contributed by atoms with van der Waals surface area (Å²) in [4.78, 5) is 24.4. The summed E-state index contributed by atoms with van der Waals surface area (Å²) in [5.41, 5.74) is 1.85. The third-order valence-electron chi connectivity index (χ3n) is 5.97. The van der Waals surface area contributed by atoms with Crippen molar-refractivity contribution in [2.24, 2.45) is 0 Å². The van der Waals surface area contributed by atoms with Crippen LogP contribution >= 0.6 is 0 Å². The van der Waals surface area contributed by atoms with E-state index in [1.165, 1.54) is 18.9 Å². The van der Waals surface area contributed by atoms with Gasteiger partial charge in [-0.2, -0.15) is 0 Å². The van der Waals surface area contributed by atoms with Crippen LogP contribution < -0.4 is 0 Å². The van der Waals surface area contributed by atoms with E-state index >= 15 is 0 Å². The minimum Gasteiger partial charge on any atom is -0.331 e. The number of hydrogen-bond acceptors (Lipinski definition) is 3. The summed E-state index contributed by atoms with van der Waals surface area (Å²) in [6.07, 6.45) is 9.38. The molecule has 0 N–H and O–H groups in total. The Bertz CT molecular complexity index is 1010. The topological polar surface area (TPSA) is 51.0 Å². The maximum Gasteiger partial charge on any atom is 0.257 e. The van der Waals surface area contributed by atoms with Crippen molar-refractivity contribution >= 4 is 17.1 Å². The Hall–Kier alpha value is -2.76. The first-order valence-electron chi connectivity index (χ1n) is 11.0.